The zero-order valence-corrected chi connectivity index (χ0v) is 7.91. The molecule has 0 aliphatic rings. The molecule has 0 atom stereocenters. The van der Waals surface area contributed by atoms with Crippen molar-refractivity contribution in [2.45, 2.75) is 32.7 Å². The SMILES string of the molecule is C=CCn1cc(C(C)(C)C)nn1. The van der Waals surface area contributed by atoms with Gasteiger partial charge < -0.3 is 0 Å². The molecule has 1 rings (SSSR count). The van der Waals surface area contributed by atoms with Crippen LogP contribution < -0.4 is 0 Å². The standard InChI is InChI=1S/C9H15N3/c1-5-6-12-7-8(10-11-12)9(2,3)4/h5,7H,1,6H2,2-4H3. The van der Waals surface area contributed by atoms with Crippen LogP contribution in [0.1, 0.15) is 26.5 Å². The summed E-state index contributed by atoms with van der Waals surface area (Å²) in [5, 5.41) is 8.04. The lowest BCUT2D eigenvalue weighted by molar-refractivity contribution is 0.566. The molecule has 12 heavy (non-hydrogen) atoms. The average Bonchev–Trinajstić information content (AvgIpc) is 2.35. The van der Waals surface area contributed by atoms with E-state index in [1.807, 2.05) is 6.20 Å². The highest BCUT2D eigenvalue weighted by Crippen LogP contribution is 2.18. The highest BCUT2D eigenvalue weighted by atomic mass is 15.4. The topological polar surface area (TPSA) is 30.7 Å². The first-order valence-corrected chi connectivity index (χ1v) is 4.05. The van der Waals surface area contributed by atoms with Gasteiger partial charge in [-0.25, -0.2) is 4.68 Å². The first kappa shape index (κ1) is 8.97. The van der Waals surface area contributed by atoms with Gasteiger partial charge in [0.2, 0.25) is 0 Å². The van der Waals surface area contributed by atoms with Crippen molar-refractivity contribution in [1.29, 1.82) is 0 Å². The van der Waals surface area contributed by atoms with Gasteiger partial charge in [0.1, 0.15) is 0 Å². The molecular weight excluding hydrogens is 150 g/mol. The van der Waals surface area contributed by atoms with E-state index in [2.05, 4.69) is 37.7 Å². The number of rotatable bonds is 2. The number of hydrogen-bond donors (Lipinski definition) is 0. The number of nitrogens with zero attached hydrogens (tertiary/aromatic N) is 3. The molecule has 0 aliphatic heterocycles. The molecule has 1 aromatic rings. The van der Waals surface area contributed by atoms with Gasteiger partial charge in [0, 0.05) is 11.6 Å². The predicted octanol–water partition coefficient (Wildman–Crippen LogP) is 1.76. The van der Waals surface area contributed by atoms with Crippen LogP contribution in [0, 0.1) is 0 Å². The molecular formula is C9H15N3. The molecule has 0 aliphatic carbocycles. The van der Waals surface area contributed by atoms with Gasteiger partial charge in [-0.2, -0.15) is 0 Å². The number of hydrogen-bond acceptors (Lipinski definition) is 2. The summed E-state index contributed by atoms with van der Waals surface area (Å²) in [6.45, 7) is 10.7. The molecule has 66 valence electrons. The fraction of sp³-hybridized carbons (Fsp3) is 0.556. The third-order valence-electron chi connectivity index (χ3n) is 1.62. The van der Waals surface area contributed by atoms with E-state index in [0.717, 1.165) is 12.2 Å². The molecule has 3 heteroatoms. The Morgan fingerprint density at radius 2 is 2.25 bits per heavy atom. The maximum atomic E-state index is 4.07. The summed E-state index contributed by atoms with van der Waals surface area (Å²) in [5.74, 6) is 0. The summed E-state index contributed by atoms with van der Waals surface area (Å²) in [6.07, 6.45) is 3.77. The lowest BCUT2D eigenvalue weighted by Crippen LogP contribution is -2.11. The molecule has 0 N–H and O–H groups in total. The molecule has 0 unspecified atom stereocenters. The van der Waals surface area contributed by atoms with Crippen LogP contribution in [0.3, 0.4) is 0 Å². The summed E-state index contributed by atoms with van der Waals surface area (Å²) in [4.78, 5) is 0. The van der Waals surface area contributed by atoms with E-state index in [0.29, 0.717) is 0 Å². The van der Waals surface area contributed by atoms with Crippen LogP contribution in [0.15, 0.2) is 18.9 Å². The van der Waals surface area contributed by atoms with Gasteiger partial charge in [-0.15, -0.1) is 11.7 Å². The maximum absolute atomic E-state index is 4.07. The highest BCUT2D eigenvalue weighted by Gasteiger charge is 2.17. The zero-order chi connectivity index (χ0) is 9.19. The van der Waals surface area contributed by atoms with Crippen LogP contribution in [0.5, 0.6) is 0 Å². The Morgan fingerprint density at radius 1 is 1.58 bits per heavy atom. The van der Waals surface area contributed by atoms with E-state index in [9.17, 15) is 0 Å². The van der Waals surface area contributed by atoms with E-state index in [4.69, 9.17) is 0 Å². The molecule has 0 radical (unpaired) electrons. The van der Waals surface area contributed by atoms with E-state index >= 15 is 0 Å². The van der Waals surface area contributed by atoms with Crippen molar-refractivity contribution in [2.75, 3.05) is 0 Å². The van der Waals surface area contributed by atoms with Gasteiger partial charge in [-0.1, -0.05) is 32.1 Å². The Balaban J connectivity index is 2.84. The van der Waals surface area contributed by atoms with E-state index in [1.165, 1.54) is 0 Å². The summed E-state index contributed by atoms with van der Waals surface area (Å²) in [5.41, 5.74) is 1.10. The third-order valence-corrected chi connectivity index (χ3v) is 1.62. The lowest BCUT2D eigenvalue weighted by atomic mass is 9.93. The third kappa shape index (κ3) is 1.94. The molecule has 0 saturated heterocycles. The average molecular weight is 165 g/mol. The van der Waals surface area contributed by atoms with Gasteiger partial charge in [-0.05, 0) is 0 Å². The van der Waals surface area contributed by atoms with Crippen LogP contribution in [0.25, 0.3) is 0 Å². The van der Waals surface area contributed by atoms with Crippen molar-refractivity contribution in [3.63, 3.8) is 0 Å². The largest absolute Gasteiger partial charge is 0.248 e. The van der Waals surface area contributed by atoms with Crippen LogP contribution in [-0.2, 0) is 12.0 Å². The predicted molar refractivity (Wildman–Crippen MR) is 48.9 cm³/mol. The van der Waals surface area contributed by atoms with Gasteiger partial charge in [-0.3, -0.25) is 0 Å². The fourth-order valence-electron chi connectivity index (χ4n) is 0.864. The van der Waals surface area contributed by atoms with Crippen LogP contribution in [0.4, 0.5) is 0 Å². The molecule has 0 bridgehead atoms. The molecule has 1 aromatic heterocycles. The Labute approximate surface area is 73.1 Å². The first-order chi connectivity index (χ1) is 5.54. The Morgan fingerprint density at radius 3 is 2.67 bits per heavy atom. The summed E-state index contributed by atoms with van der Waals surface area (Å²) < 4.78 is 1.79. The summed E-state index contributed by atoms with van der Waals surface area (Å²) in [7, 11) is 0. The second-order valence-corrected chi connectivity index (χ2v) is 3.86. The fourth-order valence-corrected chi connectivity index (χ4v) is 0.864. The summed E-state index contributed by atoms with van der Waals surface area (Å²) >= 11 is 0. The Hall–Kier alpha value is -1.12. The second-order valence-electron chi connectivity index (χ2n) is 3.86. The monoisotopic (exact) mass is 165 g/mol. The van der Waals surface area contributed by atoms with E-state index < -0.39 is 0 Å². The molecule has 0 spiro atoms. The second kappa shape index (κ2) is 3.09. The molecule has 1 heterocycles. The first-order valence-electron chi connectivity index (χ1n) is 4.05. The van der Waals surface area contributed by atoms with Crippen LogP contribution >= 0.6 is 0 Å². The highest BCUT2D eigenvalue weighted by molar-refractivity contribution is 5.06. The van der Waals surface area contributed by atoms with Crippen LogP contribution in [0.2, 0.25) is 0 Å². The molecule has 0 fully saturated rings. The van der Waals surface area contributed by atoms with Crippen molar-refractivity contribution in [1.82, 2.24) is 15.0 Å². The van der Waals surface area contributed by atoms with Gasteiger partial charge >= 0.3 is 0 Å². The van der Waals surface area contributed by atoms with Crippen molar-refractivity contribution in [3.05, 3.63) is 24.5 Å². The smallest absolute Gasteiger partial charge is 0.0880 e. The lowest BCUT2D eigenvalue weighted by Gasteiger charge is -2.12. The Bertz CT molecular complexity index is 268. The zero-order valence-electron chi connectivity index (χ0n) is 7.91. The van der Waals surface area contributed by atoms with Gasteiger partial charge in [0.05, 0.1) is 12.2 Å². The van der Waals surface area contributed by atoms with Gasteiger partial charge in [0.25, 0.3) is 0 Å². The van der Waals surface area contributed by atoms with Crippen molar-refractivity contribution in [2.24, 2.45) is 0 Å². The van der Waals surface area contributed by atoms with Crippen molar-refractivity contribution < 1.29 is 0 Å². The van der Waals surface area contributed by atoms with Gasteiger partial charge in [0.15, 0.2) is 0 Å². The van der Waals surface area contributed by atoms with E-state index in [-0.39, 0.29) is 5.41 Å². The molecule has 0 saturated carbocycles. The Kier molecular flexibility index (Phi) is 2.31. The normalized spacial score (nSPS) is 11.6. The minimum atomic E-state index is 0.0828. The summed E-state index contributed by atoms with van der Waals surface area (Å²) in [6, 6.07) is 0. The van der Waals surface area contributed by atoms with Crippen molar-refractivity contribution in [3.8, 4) is 0 Å². The number of allylic oxidation sites excluding steroid dienone is 1. The molecule has 3 nitrogen and oxygen atoms in total. The molecule has 0 amide bonds. The maximum Gasteiger partial charge on any atom is 0.0880 e. The number of aromatic nitrogens is 3. The van der Waals surface area contributed by atoms with E-state index in [1.54, 1.807) is 10.8 Å². The minimum absolute atomic E-state index is 0.0828. The molecule has 0 aromatic carbocycles. The minimum Gasteiger partial charge on any atom is -0.248 e. The quantitative estimate of drug-likeness (QED) is 0.625. The van der Waals surface area contributed by atoms with Crippen molar-refractivity contribution >= 4 is 0 Å². The van der Waals surface area contributed by atoms with Crippen LogP contribution in [-0.4, -0.2) is 15.0 Å².